The lowest BCUT2D eigenvalue weighted by Gasteiger charge is -2.11. The van der Waals surface area contributed by atoms with E-state index < -0.39 is 0 Å². The van der Waals surface area contributed by atoms with Gasteiger partial charge in [-0.25, -0.2) is 4.57 Å². The van der Waals surface area contributed by atoms with E-state index in [9.17, 15) is 0 Å². The largest absolute Gasteiger partial charge is 0.207 e. The number of rotatable bonds is 0. The molecule has 28 heavy (non-hydrogen) atoms. The third-order valence-corrected chi connectivity index (χ3v) is 6.06. The predicted molar refractivity (Wildman–Crippen MR) is 120 cm³/mol. The van der Waals surface area contributed by atoms with E-state index in [4.69, 9.17) is 0 Å². The monoisotopic (exact) mass is 358 g/mol. The van der Waals surface area contributed by atoms with Crippen molar-refractivity contribution < 1.29 is 4.57 Å². The fourth-order valence-corrected chi connectivity index (χ4v) is 4.69. The van der Waals surface area contributed by atoms with E-state index in [1.807, 2.05) is 0 Å². The quantitative estimate of drug-likeness (QED) is 0.213. The molecule has 0 bridgehead atoms. The molecule has 6 aromatic rings. The molecular formula is C27H20N+. The Kier molecular flexibility index (Phi) is 3.08. The number of hydrogen-bond acceptors (Lipinski definition) is 0. The first kappa shape index (κ1) is 15.6. The lowest BCUT2D eigenvalue weighted by molar-refractivity contribution is -0.670. The Balaban J connectivity index is 1.76. The maximum atomic E-state index is 2.30. The average molecular weight is 358 g/mol. The van der Waals surface area contributed by atoms with Crippen LogP contribution >= 0.6 is 0 Å². The summed E-state index contributed by atoms with van der Waals surface area (Å²) in [7, 11) is 2.07. The van der Waals surface area contributed by atoms with Crippen molar-refractivity contribution in [3.8, 4) is 0 Å². The van der Waals surface area contributed by atoms with Crippen molar-refractivity contribution in [2.75, 3.05) is 0 Å². The molecule has 0 aliphatic carbocycles. The molecule has 0 spiro atoms. The van der Waals surface area contributed by atoms with Crippen molar-refractivity contribution in [3.05, 3.63) is 90.8 Å². The van der Waals surface area contributed by atoms with Crippen LogP contribution in [-0.2, 0) is 7.05 Å². The Labute approximate surface area is 163 Å². The van der Waals surface area contributed by atoms with Crippen LogP contribution in [0.15, 0.2) is 85.2 Å². The Morgan fingerprint density at radius 1 is 0.500 bits per heavy atom. The van der Waals surface area contributed by atoms with Crippen LogP contribution in [-0.4, -0.2) is 0 Å². The minimum Gasteiger partial charge on any atom is -0.207 e. The van der Waals surface area contributed by atoms with Gasteiger partial charge in [0, 0.05) is 16.8 Å². The lowest BCUT2D eigenvalue weighted by Crippen LogP contribution is -2.25. The van der Waals surface area contributed by atoms with Gasteiger partial charge in [0.15, 0.2) is 12.4 Å². The molecule has 0 atom stereocenters. The van der Waals surface area contributed by atoms with Gasteiger partial charge in [-0.15, -0.1) is 0 Å². The van der Waals surface area contributed by atoms with Gasteiger partial charge < -0.3 is 0 Å². The third-order valence-electron chi connectivity index (χ3n) is 6.06. The normalized spacial score (nSPS) is 11.9. The summed E-state index contributed by atoms with van der Waals surface area (Å²) in [5, 5.41) is 13.2. The second-order valence-electron chi connectivity index (χ2n) is 7.89. The fraction of sp³-hybridized carbons (Fsp3) is 0.0741. The summed E-state index contributed by atoms with van der Waals surface area (Å²) in [5.41, 5.74) is 1.30. The molecule has 0 unspecified atom stereocenters. The Bertz CT molecular complexity index is 1450. The van der Waals surface area contributed by atoms with Crippen LogP contribution in [0.4, 0.5) is 0 Å². The first-order chi connectivity index (χ1) is 13.7. The second kappa shape index (κ2) is 5.53. The number of aromatic nitrogens is 1. The standard InChI is InChI=1S/C27H20N/c1-17-3-6-20-18(15-17)4-7-24-22(20)9-11-27-25-8-5-19-16-28(2)14-13-21(19)23(25)10-12-26(24)27/h3-16H,1-2H3/q+1. The van der Waals surface area contributed by atoms with Crippen molar-refractivity contribution in [3.63, 3.8) is 0 Å². The van der Waals surface area contributed by atoms with Crippen LogP contribution in [0.3, 0.4) is 0 Å². The van der Waals surface area contributed by atoms with Crippen molar-refractivity contribution >= 4 is 53.9 Å². The molecule has 0 amide bonds. The van der Waals surface area contributed by atoms with Crippen LogP contribution in [0.5, 0.6) is 0 Å². The number of nitrogens with zero attached hydrogens (tertiary/aromatic N) is 1. The number of aryl methyl sites for hydroxylation is 2. The number of benzene rings is 5. The van der Waals surface area contributed by atoms with E-state index >= 15 is 0 Å². The highest BCUT2D eigenvalue weighted by Gasteiger charge is 2.10. The Morgan fingerprint density at radius 3 is 1.61 bits per heavy atom. The zero-order chi connectivity index (χ0) is 18.8. The van der Waals surface area contributed by atoms with Gasteiger partial charge in [0.25, 0.3) is 0 Å². The van der Waals surface area contributed by atoms with Crippen LogP contribution in [0.2, 0.25) is 0 Å². The van der Waals surface area contributed by atoms with E-state index in [0.29, 0.717) is 0 Å². The molecule has 1 heterocycles. The Morgan fingerprint density at radius 2 is 0.964 bits per heavy atom. The molecule has 1 nitrogen and oxygen atoms in total. The highest BCUT2D eigenvalue weighted by atomic mass is 14.9. The van der Waals surface area contributed by atoms with Crippen molar-refractivity contribution in [2.45, 2.75) is 6.92 Å². The fourth-order valence-electron chi connectivity index (χ4n) is 4.69. The summed E-state index contributed by atoms with van der Waals surface area (Å²) >= 11 is 0. The summed E-state index contributed by atoms with van der Waals surface area (Å²) < 4.78 is 2.11. The minimum absolute atomic E-state index is 1.28. The number of fused-ring (bicyclic) bond motifs is 9. The molecule has 1 heteroatoms. The zero-order valence-corrected chi connectivity index (χ0v) is 16.0. The first-order valence-corrected chi connectivity index (χ1v) is 9.76. The van der Waals surface area contributed by atoms with Crippen LogP contribution in [0.1, 0.15) is 5.56 Å². The summed E-state index contributed by atoms with van der Waals surface area (Å²) in [6, 6.07) is 27.2. The van der Waals surface area contributed by atoms with Gasteiger partial charge in [-0.1, -0.05) is 66.2 Å². The number of pyridine rings is 1. The molecule has 0 N–H and O–H groups in total. The van der Waals surface area contributed by atoms with Crippen LogP contribution < -0.4 is 4.57 Å². The molecule has 5 aromatic carbocycles. The highest BCUT2D eigenvalue weighted by molar-refractivity contribution is 6.24. The van der Waals surface area contributed by atoms with Gasteiger partial charge in [0.2, 0.25) is 0 Å². The van der Waals surface area contributed by atoms with Gasteiger partial charge in [-0.2, -0.15) is 0 Å². The maximum absolute atomic E-state index is 2.30. The molecule has 0 aliphatic heterocycles. The highest BCUT2D eigenvalue weighted by Crippen LogP contribution is 2.36. The van der Waals surface area contributed by atoms with Crippen molar-refractivity contribution in [1.29, 1.82) is 0 Å². The smallest absolute Gasteiger partial charge is 0.176 e. The molecule has 0 aliphatic rings. The zero-order valence-electron chi connectivity index (χ0n) is 16.0. The van der Waals surface area contributed by atoms with Gasteiger partial charge in [-0.05, 0) is 56.1 Å². The van der Waals surface area contributed by atoms with Gasteiger partial charge >= 0.3 is 0 Å². The van der Waals surface area contributed by atoms with Gasteiger partial charge in [-0.3, -0.25) is 0 Å². The summed E-state index contributed by atoms with van der Waals surface area (Å²) in [6.07, 6.45) is 4.31. The molecule has 0 saturated carbocycles. The topological polar surface area (TPSA) is 3.88 Å². The third kappa shape index (κ3) is 2.10. The van der Waals surface area contributed by atoms with Crippen LogP contribution in [0, 0.1) is 6.92 Å². The van der Waals surface area contributed by atoms with Crippen molar-refractivity contribution in [2.24, 2.45) is 7.05 Å². The Hall–Kier alpha value is -3.45. The van der Waals surface area contributed by atoms with E-state index in [1.54, 1.807) is 0 Å². The van der Waals surface area contributed by atoms with E-state index in [0.717, 1.165) is 0 Å². The molecule has 0 radical (unpaired) electrons. The molecule has 6 rings (SSSR count). The first-order valence-electron chi connectivity index (χ1n) is 9.76. The maximum Gasteiger partial charge on any atom is 0.176 e. The summed E-state index contributed by atoms with van der Waals surface area (Å²) in [6.45, 7) is 2.15. The molecule has 132 valence electrons. The van der Waals surface area contributed by atoms with E-state index in [-0.39, 0.29) is 0 Å². The average Bonchev–Trinajstić information content (AvgIpc) is 2.72. The molecule has 1 aromatic heterocycles. The minimum atomic E-state index is 1.28. The molecule has 0 saturated heterocycles. The van der Waals surface area contributed by atoms with E-state index in [1.165, 1.54) is 59.4 Å². The second-order valence-corrected chi connectivity index (χ2v) is 7.89. The number of hydrogen-bond donors (Lipinski definition) is 0. The SMILES string of the molecule is Cc1ccc2c(ccc3c2ccc2c4ccc5c[n+](C)ccc5c4ccc32)c1. The van der Waals surface area contributed by atoms with Gasteiger partial charge in [0.05, 0.1) is 0 Å². The molecular weight excluding hydrogens is 338 g/mol. The summed E-state index contributed by atoms with van der Waals surface area (Å²) in [4.78, 5) is 0. The lowest BCUT2D eigenvalue weighted by atomic mass is 9.92. The predicted octanol–water partition coefficient (Wildman–Crippen LogP) is 6.59. The molecule has 0 fully saturated rings. The van der Waals surface area contributed by atoms with Crippen molar-refractivity contribution in [1.82, 2.24) is 0 Å². The summed E-state index contributed by atoms with van der Waals surface area (Å²) in [5.74, 6) is 0. The van der Waals surface area contributed by atoms with Gasteiger partial charge in [0.1, 0.15) is 7.05 Å². The van der Waals surface area contributed by atoms with E-state index in [2.05, 4.69) is 104 Å². The van der Waals surface area contributed by atoms with Crippen LogP contribution in [0.25, 0.3) is 53.9 Å².